The van der Waals surface area contributed by atoms with Crippen LogP contribution in [0, 0.1) is 5.82 Å². The molecule has 0 fully saturated rings. The van der Waals surface area contributed by atoms with Crippen LogP contribution < -0.4 is 5.32 Å². The Morgan fingerprint density at radius 1 is 1.44 bits per heavy atom. The summed E-state index contributed by atoms with van der Waals surface area (Å²) in [5.74, 6) is -2.42. The summed E-state index contributed by atoms with van der Waals surface area (Å²) in [4.78, 5) is 21.6. The van der Waals surface area contributed by atoms with Crippen molar-refractivity contribution in [2.24, 2.45) is 0 Å². The van der Waals surface area contributed by atoms with Gasteiger partial charge in [0, 0.05) is 11.6 Å². The molecule has 0 saturated heterocycles. The van der Waals surface area contributed by atoms with Gasteiger partial charge in [0.25, 0.3) is 5.91 Å². The van der Waals surface area contributed by atoms with Gasteiger partial charge in [0.15, 0.2) is 0 Å². The van der Waals surface area contributed by atoms with Crippen LogP contribution in [0.1, 0.15) is 10.4 Å². The largest absolute Gasteiger partial charge is 0.480 e. The van der Waals surface area contributed by atoms with Crippen molar-refractivity contribution in [3.05, 3.63) is 34.6 Å². The molecule has 0 aromatic heterocycles. The summed E-state index contributed by atoms with van der Waals surface area (Å²) >= 11 is 5.55. The lowest BCUT2D eigenvalue weighted by atomic mass is 10.2. The van der Waals surface area contributed by atoms with Crippen LogP contribution in [-0.2, 0) is 9.53 Å². The number of rotatable bonds is 6. The molecule has 2 N–H and O–H groups in total. The molecule has 1 aromatic carbocycles. The van der Waals surface area contributed by atoms with Gasteiger partial charge >= 0.3 is 5.97 Å². The van der Waals surface area contributed by atoms with Crippen LogP contribution in [0.2, 0.25) is 5.02 Å². The minimum atomic E-state index is -1.09. The van der Waals surface area contributed by atoms with Crippen molar-refractivity contribution < 1.29 is 23.8 Å². The predicted molar refractivity (Wildman–Crippen MR) is 62.2 cm³/mol. The summed E-state index contributed by atoms with van der Waals surface area (Å²) in [5, 5.41) is 10.9. The van der Waals surface area contributed by atoms with E-state index in [0.29, 0.717) is 0 Å². The van der Waals surface area contributed by atoms with E-state index in [0.717, 1.165) is 6.07 Å². The van der Waals surface area contributed by atoms with E-state index in [4.69, 9.17) is 21.4 Å². The molecule has 0 aliphatic heterocycles. The standard InChI is InChI=1S/C11H11ClFNO4/c12-7-1-2-8(9(13)5-7)11(17)14-3-4-18-6-10(15)16/h1-2,5H,3-4,6H2,(H,14,17)(H,15,16). The normalized spacial score (nSPS) is 10.1. The van der Waals surface area contributed by atoms with Gasteiger partial charge in [-0.1, -0.05) is 11.6 Å². The Kier molecular flexibility index (Phi) is 5.54. The van der Waals surface area contributed by atoms with Crippen LogP contribution in [0.3, 0.4) is 0 Å². The highest BCUT2D eigenvalue weighted by Crippen LogP contribution is 2.14. The number of hydrogen-bond donors (Lipinski definition) is 2. The first-order valence-electron chi connectivity index (χ1n) is 5.03. The minimum absolute atomic E-state index is 0.0350. The zero-order valence-corrected chi connectivity index (χ0v) is 10.0. The number of carboxylic acid groups (broad SMARTS) is 1. The molecule has 1 aromatic rings. The molecule has 1 amide bonds. The molecular weight excluding hydrogens is 265 g/mol. The first kappa shape index (κ1) is 14.4. The van der Waals surface area contributed by atoms with Crippen molar-refractivity contribution in [2.75, 3.05) is 19.8 Å². The predicted octanol–water partition coefficient (Wildman–Crippen LogP) is 1.31. The van der Waals surface area contributed by atoms with Crippen molar-refractivity contribution >= 4 is 23.5 Å². The van der Waals surface area contributed by atoms with E-state index in [9.17, 15) is 14.0 Å². The van der Waals surface area contributed by atoms with Gasteiger partial charge in [-0.2, -0.15) is 0 Å². The highest BCUT2D eigenvalue weighted by molar-refractivity contribution is 6.30. The van der Waals surface area contributed by atoms with Crippen molar-refractivity contribution in [1.29, 1.82) is 0 Å². The minimum Gasteiger partial charge on any atom is -0.480 e. The molecule has 0 atom stereocenters. The molecule has 18 heavy (non-hydrogen) atoms. The molecule has 5 nitrogen and oxygen atoms in total. The second-order valence-corrected chi connectivity index (χ2v) is 3.76. The first-order valence-corrected chi connectivity index (χ1v) is 5.41. The Balaban J connectivity index is 2.39. The van der Waals surface area contributed by atoms with Gasteiger partial charge < -0.3 is 15.2 Å². The molecule has 0 saturated carbocycles. The highest BCUT2D eigenvalue weighted by Gasteiger charge is 2.11. The zero-order chi connectivity index (χ0) is 13.5. The first-order chi connectivity index (χ1) is 8.50. The lowest BCUT2D eigenvalue weighted by Crippen LogP contribution is -2.28. The number of carbonyl (C=O) groups is 2. The van der Waals surface area contributed by atoms with Crippen molar-refractivity contribution in [2.45, 2.75) is 0 Å². The lowest BCUT2D eigenvalue weighted by molar-refractivity contribution is -0.142. The summed E-state index contributed by atoms with van der Waals surface area (Å²) in [5.41, 5.74) is -0.127. The molecule has 7 heteroatoms. The van der Waals surface area contributed by atoms with Crippen LogP contribution in [-0.4, -0.2) is 36.7 Å². The molecule has 0 unspecified atom stereocenters. The van der Waals surface area contributed by atoms with Gasteiger partial charge in [-0.05, 0) is 18.2 Å². The lowest BCUT2D eigenvalue weighted by Gasteiger charge is -2.06. The molecule has 0 heterocycles. The fraction of sp³-hybridized carbons (Fsp3) is 0.273. The maximum Gasteiger partial charge on any atom is 0.329 e. The number of aliphatic carboxylic acids is 1. The Morgan fingerprint density at radius 2 is 2.17 bits per heavy atom. The quantitative estimate of drug-likeness (QED) is 0.768. The van der Waals surface area contributed by atoms with E-state index in [1.807, 2.05) is 0 Å². The number of benzene rings is 1. The van der Waals surface area contributed by atoms with E-state index in [-0.39, 0.29) is 23.7 Å². The maximum absolute atomic E-state index is 13.3. The summed E-state index contributed by atoms with van der Waals surface area (Å²) in [7, 11) is 0. The number of nitrogens with one attached hydrogen (secondary N) is 1. The van der Waals surface area contributed by atoms with Crippen LogP contribution in [0.15, 0.2) is 18.2 Å². The van der Waals surface area contributed by atoms with Crippen LogP contribution in [0.5, 0.6) is 0 Å². The molecule has 0 bridgehead atoms. The Labute approximate surface area is 108 Å². The summed E-state index contributed by atoms with van der Waals surface area (Å²) in [6.45, 7) is -0.313. The molecule has 1 rings (SSSR count). The topological polar surface area (TPSA) is 75.6 Å². The third kappa shape index (κ3) is 4.68. The average molecular weight is 276 g/mol. The van der Waals surface area contributed by atoms with E-state index < -0.39 is 24.3 Å². The number of carboxylic acids is 1. The molecule has 0 aliphatic carbocycles. The van der Waals surface area contributed by atoms with Gasteiger partial charge in [0.2, 0.25) is 0 Å². The fourth-order valence-corrected chi connectivity index (χ4v) is 1.32. The van der Waals surface area contributed by atoms with Crippen molar-refractivity contribution in [3.8, 4) is 0 Å². The Hall–Kier alpha value is -1.66. The number of ether oxygens (including phenoxy) is 1. The third-order valence-corrected chi connectivity index (χ3v) is 2.17. The van der Waals surface area contributed by atoms with Gasteiger partial charge in [0.05, 0.1) is 12.2 Å². The monoisotopic (exact) mass is 275 g/mol. The molecule has 98 valence electrons. The van der Waals surface area contributed by atoms with Crippen LogP contribution in [0.25, 0.3) is 0 Å². The second-order valence-electron chi connectivity index (χ2n) is 3.33. The fourth-order valence-electron chi connectivity index (χ4n) is 1.17. The summed E-state index contributed by atoms with van der Waals surface area (Å²) < 4.78 is 18.0. The number of hydrogen-bond acceptors (Lipinski definition) is 3. The third-order valence-electron chi connectivity index (χ3n) is 1.93. The highest BCUT2D eigenvalue weighted by atomic mass is 35.5. The SMILES string of the molecule is O=C(O)COCCNC(=O)c1ccc(Cl)cc1F. The van der Waals surface area contributed by atoms with E-state index in [1.165, 1.54) is 12.1 Å². The van der Waals surface area contributed by atoms with Crippen molar-refractivity contribution in [3.63, 3.8) is 0 Å². The van der Waals surface area contributed by atoms with Gasteiger partial charge in [-0.15, -0.1) is 0 Å². The molecule has 0 spiro atoms. The zero-order valence-electron chi connectivity index (χ0n) is 9.28. The van der Waals surface area contributed by atoms with Gasteiger partial charge in [-0.3, -0.25) is 4.79 Å². The number of carbonyl (C=O) groups excluding carboxylic acids is 1. The van der Waals surface area contributed by atoms with E-state index in [1.54, 1.807) is 0 Å². The molecule has 0 radical (unpaired) electrons. The maximum atomic E-state index is 13.3. The smallest absolute Gasteiger partial charge is 0.329 e. The van der Waals surface area contributed by atoms with Crippen LogP contribution in [0.4, 0.5) is 4.39 Å². The van der Waals surface area contributed by atoms with E-state index >= 15 is 0 Å². The second kappa shape index (κ2) is 6.93. The molecule has 0 aliphatic rings. The van der Waals surface area contributed by atoms with E-state index in [2.05, 4.69) is 5.32 Å². The van der Waals surface area contributed by atoms with Gasteiger partial charge in [0.1, 0.15) is 12.4 Å². The Bertz CT molecular complexity index is 453. The van der Waals surface area contributed by atoms with Crippen molar-refractivity contribution in [1.82, 2.24) is 5.32 Å². The number of amides is 1. The summed E-state index contributed by atoms with van der Waals surface area (Å²) in [6.07, 6.45) is 0. The molecular formula is C11H11ClFNO4. The average Bonchev–Trinajstić information content (AvgIpc) is 2.27. The van der Waals surface area contributed by atoms with Gasteiger partial charge in [-0.25, -0.2) is 9.18 Å². The number of halogens is 2. The summed E-state index contributed by atoms with van der Waals surface area (Å²) in [6, 6.07) is 3.71. The Morgan fingerprint density at radius 3 is 2.78 bits per heavy atom. The van der Waals surface area contributed by atoms with Crippen LogP contribution >= 0.6 is 11.6 Å².